The highest BCUT2D eigenvalue weighted by Gasteiger charge is 2.24. The molecule has 1 N–H and O–H groups in total. The minimum atomic E-state index is -3.91. The van der Waals surface area contributed by atoms with Crippen LogP contribution in [0.5, 0.6) is 0 Å². The topological polar surface area (TPSA) is 59.1 Å². The monoisotopic (exact) mass is 440 g/mol. The predicted octanol–water partition coefficient (Wildman–Crippen LogP) is 5.78. The van der Waals surface area contributed by atoms with E-state index >= 15 is 0 Å². The molecule has 4 rings (SSSR count). The lowest BCUT2D eigenvalue weighted by Gasteiger charge is -2.15. The summed E-state index contributed by atoms with van der Waals surface area (Å²) in [4.78, 5) is 4.31. The van der Waals surface area contributed by atoms with Crippen LogP contribution >= 0.6 is 11.6 Å². The highest BCUT2D eigenvalue weighted by atomic mass is 35.5. The summed E-state index contributed by atoms with van der Waals surface area (Å²) in [5, 5.41) is 4.03. The van der Waals surface area contributed by atoms with E-state index in [0.717, 1.165) is 11.1 Å². The number of nitrogens with one attached hydrogen (secondary N) is 1. The van der Waals surface area contributed by atoms with E-state index in [-0.39, 0.29) is 9.79 Å². The van der Waals surface area contributed by atoms with E-state index in [1.165, 1.54) is 48.7 Å². The van der Waals surface area contributed by atoms with E-state index < -0.39 is 15.7 Å². The molecular weight excluding hydrogens is 423 g/mol. The molecule has 0 amide bonds. The lowest BCUT2D eigenvalue weighted by atomic mass is 10.1. The molecule has 4 aromatic rings. The maximum Gasteiger partial charge on any atom is 0.210 e. The van der Waals surface area contributed by atoms with Crippen LogP contribution in [0.3, 0.4) is 0 Å². The minimum Gasteiger partial charge on any atom is -0.379 e. The quantitative estimate of drug-likeness (QED) is 0.427. The zero-order chi connectivity index (χ0) is 21.3. The molecule has 0 fully saturated rings. The van der Waals surface area contributed by atoms with Gasteiger partial charge in [0.15, 0.2) is 0 Å². The largest absolute Gasteiger partial charge is 0.379 e. The molecule has 0 aliphatic rings. The molecule has 0 unspecified atom stereocenters. The first-order valence-electron chi connectivity index (χ1n) is 9.23. The Morgan fingerprint density at radius 3 is 2.40 bits per heavy atom. The van der Waals surface area contributed by atoms with Crippen molar-refractivity contribution in [2.24, 2.45) is 0 Å². The molecule has 4 nitrogen and oxygen atoms in total. The van der Waals surface area contributed by atoms with E-state index in [0.29, 0.717) is 28.2 Å². The van der Waals surface area contributed by atoms with Gasteiger partial charge < -0.3 is 5.32 Å². The SMILES string of the molecule is Cc1ccc(CNc2c(S(=O)(=O)c3ccc(Cl)cc3)cnc3ccc(F)cc23)cc1. The van der Waals surface area contributed by atoms with Crippen LogP contribution in [0.2, 0.25) is 5.02 Å². The number of aromatic nitrogens is 1. The Labute approximate surface area is 179 Å². The molecule has 0 atom stereocenters. The van der Waals surface area contributed by atoms with Crippen molar-refractivity contribution in [2.45, 2.75) is 23.3 Å². The van der Waals surface area contributed by atoms with Crippen LogP contribution in [0.15, 0.2) is 82.7 Å². The van der Waals surface area contributed by atoms with Crippen LogP contribution in [0.1, 0.15) is 11.1 Å². The van der Waals surface area contributed by atoms with Crippen molar-refractivity contribution >= 4 is 38.0 Å². The van der Waals surface area contributed by atoms with Crippen molar-refractivity contribution < 1.29 is 12.8 Å². The zero-order valence-corrected chi connectivity index (χ0v) is 17.6. The van der Waals surface area contributed by atoms with Gasteiger partial charge in [0, 0.05) is 23.2 Å². The Balaban J connectivity index is 1.85. The maximum absolute atomic E-state index is 14.0. The van der Waals surface area contributed by atoms with Crippen molar-refractivity contribution in [1.82, 2.24) is 4.98 Å². The minimum absolute atomic E-state index is 0.0185. The number of nitrogens with zero attached hydrogens (tertiary/aromatic N) is 1. The third kappa shape index (κ3) is 4.01. The van der Waals surface area contributed by atoms with Gasteiger partial charge in [0.1, 0.15) is 10.7 Å². The highest BCUT2D eigenvalue weighted by Crippen LogP contribution is 2.34. The Kier molecular flexibility index (Phi) is 5.45. The van der Waals surface area contributed by atoms with E-state index in [1.54, 1.807) is 0 Å². The number of hydrogen-bond donors (Lipinski definition) is 1. The van der Waals surface area contributed by atoms with Crippen LogP contribution < -0.4 is 5.32 Å². The molecule has 0 radical (unpaired) electrons. The summed E-state index contributed by atoms with van der Waals surface area (Å²) in [6.07, 6.45) is 1.31. The first-order chi connectivity index (χ1) is 14.3. The first-order valence-corrected chi connectivity index (χ1v) is 11.1. The number of fused-ring (bicyclic) bond motifs is 1. The van der Waals surface area contributed by atoms with Gasteiger partial charge in [-0.1, -0.05) is 41.4 Å². The van der Waals surface area contributed by atoms with E-state index in [9.17, 15) is 12.8 Å². The van der Waals surface area contributed by atoms with Crippen LogP contribution in [0, 0.1) is 12.7 Å². The highest BCUT2D eigenvalue weighted by molar-refractivity contribution is 7.91. The first kappa shape index (κ1) is 20.3. The van der Waals surface area contributed by atoms with Crippen LogP contribution in [0.4, 0.5) is 10.1 Å². The Morgan fingerprint density at radius 1 is 1.00 bits per heavy atom. The summed E-state index contributed by atoms with van der Waals surface area (Å²) in [6, 6.07) is 17.9. The molecule has 1 aromatic heterocycles. The van der Waals surface area contributed by atoms with Crippen molar-refractivity contribution in [1.29, 1.82) is 0 Å². The molecule has 7 heteroatoms. The summed E-state index contributed by atoms with van der Waals surface area (Å²) >= 11 is 5.90. The lowest BCUT2D eigenvalue weighted by molar-refractivity contribution is 0.596. The van der Waals surface area contributed by atoms with Gasteiger partial charge in [-0.25, -0.2) is 12.8 Å². The number of pyridine rings is 1. The number of aryl methyl sites for hydroxylation is 1. The molecule has 152 valence electrons. The standard InChI is InChI=1S/C23H18ClFN2O2S/c1-15-2-4-16(5-3-15)13-27-23-20-12-18(25)8-11-21(20)26-14-22(23)30(28,29)19-9-6-17(24)7-10-19/h2-12,14H,13H2,1H3,(H,26,27). The van der Waals surface area contributed by atoms with Crippen molar-refractivity contribution in [3.63, 3.8) is 0 Å². The van der Waals surface area contributed by atoms with Gasteiger partial charge in [-0.2, -0.15) is 0 Å². The Bertz CT molecular complexity index is 1320. The number of rotatable bonds is 5. The fourth-order valence-corrected chi connectivity index (χ4v) is 4.69. The molecule has 30 heavy (non-hydrogen) atoms. The number of benzene rings is 3. The molecule has 0 aliphatic heterocycles. The second kappa shape index (κ2) is 8.05. The molecule has 3 aromatic carbocycles. The van der Waals surface area contributed by atoms with Gasteiger partial charge in [-0.05, 0) is 55.0 Å². The van der Waals surface area contributed by atoms with Gasteiger partial charge in [0.25, 0.3) is 0 Å². The number of halogens is 2. The summed E-state index contributed by atoms with van der Waals surface area (Å²) < 4.78 is 40.7. The molecule has 0 bridgehead atoms. The van der Waals surface area contributed by atoms with Crippen LogP contribution in [-0.2, 0) is 16.4 Å². The fourth-order valence-electron chi connectivity index (χ4n) is 3.17. The van der Waals surface area contributed by atoms with E-state index in [1.807, 2.05) is 31.2 Å². The van der Waals surface area contributed by atoms with Crippen LogP contribution in [-0.4, -0.2) is 13.4 Å². The smallest absolute Gasteiger partial charge is 0.210 e. The van der Waals surface area contributed by atoms with Gasteiger partial charge in [-0.3, -0.25) is 4.98 Å². The summed E-state index contributed by atoms with van der Waals surface area (Å²) in [6.45, 7) is 2.37. The predicted molar refractivity (Wildman–Crippen MR) is 117 cm³/mol. The number of sulfone groups is 1. The molecule has 0 spiro atoms. The number of anilines is 1. The van der Waals surface area contributed by atoms with Gasteiger partial charge in [0.05, 0.1) is 16.1 Å². The summed E-state index contributed by atoms with van der Waals surface area (Å²) in [7, 11) is -3.91. The third-order valence-corrected chi connectivity index (χ3v) is 6.83. The van der Waals surface area contributed by atoms with Gasteiger partial charge in [-0.15, -0.1) is 0 Å². The second-order valence-corrected chi connectivity index (χ2v) is 9.31. The average molecular weight is 441 g/mol. The molecule has 0 saturated heterocycles. The number of hydrogen-bond acceptors (Lipinski definition) is 4. The van der Waals surface area contributed by atoms with Crippen molar-refractivity contribution in [3.05, 3.63) is 94.9 Å². The maximum atomic E-state index is 14.0. The molecule has 0 aliphatic carbocycles. The van der Waals surface area contributed by atoms with E-state index in [4.69, 9.17) is 11.6 Å². The molecule has 1 heterocycles. The normalized spacial score (nSPS) is 11.6. The lowest BCUT2D eigenvalue weighted by Crippen LogP contribution is -2.09. The van der Waals surface area contributed by atoms with Gasteiger partial charge >= 0.3 is 0 Å². The summed E-state index contributed by atoms with van der Waals surface area (Å²) in [5.41, 5.74) is 2.91. The zero-order valence-electron chi connectivity index (χ0n) is 16.1. The average Bonchev–Trinajstić information content (AvgIpc) is 2.73. The Morgan fingerprint density at radius 2 is 1.70 bits per heavy atom. The third-order valence-electron chi connectivity index (χ3n) is 4.80. The summed E-state index contributed by atoms with van der Waals surface area (Å²) in [5.74, 6) is -0.469. The molecular formula is C23H18ClFN2O2S. The van der Waals surface area contributed by atoms with Crippen molar-refractivity contribution in [2.75, 3.05) is 5.32 Å². The van der Waals surface area contributed by atoms with Crippen LogP contribution in [0.25, 0.3) is 10.9 Å². The Hall–Kier alpha value is -2.96. The van der Waals surface area contributed by atoms with E-state index in [2.05, 4.69) is 10.3 Å². The fraction of sp³-hybridized carbons (Fsp3) is 0.0870. The molecule has 0 saturated carbocycles. The second-order valence-electron chi connectivity index (χ2n) is 6.96. The van der Waals surface area contributed by atoms with Crippen molar-refractivity contribution in [3.8, 4) is 0 Å². The van der Waals surface area contributed by atoms with Gasteiger partial charge in [0.2, 0.25) is 9.84 Å².